The number of sulfonamides is 1. The number of hydrogen-bond donors (Lipinski definition) is 0. The highest BCUT2D eigenvalue weighted by Gasteiger charge is 2.32. The Labute approximate surface area is 226 Å². The van der Waals surface area contributed by atoms with E-state index in [4.69, 9.17) is 19.2 Å². The first-order valence-electron chi connectivity index (χ1n) is 12.5. The third-order valence-electron chi connectivity index (χ3n) is 6.86. The summed E-state index contributed by atoms with van der Waals surface area (Å²) in [4.78, 5) is 22.1. The van der Waals surface area contributed by atoms with Gasteiger partial charge in [-0.3, -0.25) is 4.79 Å². The van der Waals surface area contributed by atoms with Crippen molar-refractivity contribution in [2.75, 3.05) is 58.4 Å². The second-order valence-corrected chi connectivity index (χ2v) is 12.4. The summed E-state index contributed by atoms with van der Waals surface area (Å²) in [6, 6.07) is 9.96. The predicted octanol–water partition coefficient (Wildman–Crippen LogP) is 3.07. The number of piperazine rings is 1. The summed E-state index contributed by atoms with van der Waals surface area (Å²) in [5.41, 5.74) is 1.23. The number of carbonyl (C=O) groups excluding carboxylic acids is 1. The van der Waals surface area contributed by atoms with Gasteiger partial charge in [-0.2, -0.15) is 4.31 Å². The molecule has 2 atom stereocenters. The van der Waals surface area contributed by atoms with Gasteiger partial charge in [-0.1, -0.05) is 11.3 Å². The van der Waals surface area contributed by atoms with Crippen LogP contribution in [-0.4, -0.2) is 94.2 Å². The third kappa shape index (κ3) is 5.05. The predicted molar refractivity (Wildman–Crippen MR) is 146 cm³/mol. The lowest BCUT2D eigenvalue weighted by molar-refractivity contribution is -0.0440. The van der Waals surface area contributed by atoms with Crippen LogP contribution in [0.1, 0.15) is 24.2 Å². The Kier molecular flexibility index (Phi) is 7.49. The molecule has 0 aliphatic carbocycles. The second kappa shape index (κ2) is 10.7. The largest absolute Gasteiger partial charge is 0.495 e. The van der Waals surface area contributed by atoms with Gasteiger partial charge >= 0.3 is 0 Å². The normalized spacial score (nSPS) is 21.1. The zero-order valence-electron chi connectivity index (χ0n) is 21.9. The maximum absolute atomic E-state index is 13.2. The Bertz CT molecular complexity index is 1370. The number of thiazole rings is 1. The molecule has 10 nitrogen and oxygen atoms in total. The number of fused-ring (bicyclic) bond motifs is 1. The number of morpholine rings is 1. The molecule has 2 aliphatic rings. The summed E-state index contributed by atoms with van der Waals surface area (Å²) in [6.07, 6.45) is -0.334. The van der Waals surface area contributed by atoms with Crippen LogP contribution in [0.3, 0.4) is 0 Å². The SMILES string of the molecule is COc1ccc(OC)c2sc(N3CCN(C(=O)c4ccc(S(=O)(=O)N5CC(C)OC(C)C5)cc4)CC3)nc12. The van der Waals surface area contributed by atoms with Crippen LogP contribution in [0, 0.1) is 0 Å². The minimum Gasteiger partial charge on any atom is -0.495 e. The van der Waals surface area contributed by atoms with Crippen LogP contribution in [0.5, 0.6) is 11.5 Å². The fourth-order valence-corrected chi connectivity index (χ4v) is 7.66. The molecule has 0 bridgehead atoms. The van der Waals surface area contributed by atoms with E-state index < -0.39 is 10.0 Å². The monoisotopic (exact) mass is 560 g/mol. The van der Waals surface area contributed by atoms with E-state index in [9.17, 15) is 13.2 Å². The number of carbonyl (C=O) groups is 1. The molecule has 204 valence electrons. The number of hydrogen-bond acceptors (Lipinski definition) is 9. The van der Waals surface area contributed by atoms with Crippen molar-refractivity contribution >= 4 is 42.6 Å². The zero-order valence-corrected chi connectivity index (χ0v) is 23.5. The van der Waals surface area contributed by atoms with Crippen molar-refractivity contribution in [3.05, 3.63) is 42.0 Å². The highest BCUT2D eigenvalue weighted by molar-refractivity contribution is 7.89. The molecule has 2 unspecified atom stereocenters. The van der Waals surface area contributed by atoms with Gasteiger partial charge in [0.25, 0.3) is 5.91 Å². The Morgan fingerprint density at radius 1 is 0.947 bits per heavy atom. The van der Waals surface area contributed by atoms with E-state index in [1.165, 1.54) is 16.4 Å². The van der Waals surface area contributed by atoms with Crippen molar-refractivity contribution in [1.82, 2.24) is 14.2 Å². The molecule has 2 fully saturated rings. The van der Waals surface area contributed by atoms with Gasteiger partial charge in [-0.05, 0) is 50.2 Å². The maximum Gasteiger partial charge on any atom is 0.253 e. The second-order valence-electron chi connectivity index (χ2n) is 9.53. The van der Waals surface area contributed by atoms with Crippen molar-refractivity contribution in [3.63, 3.8) is 0 Å². The van der Waals surface area contributed by atoms with E-state index in [1.807, 2.05) is 26.0 Å². The lowest BCUT2D eigenvalue weighted by Crippen LogP contribution is -2.48. The molecule has 1 amide bonds. The highest BCUT2D eigenvalue weighted by Crippen LogP contribution is 2.40. The van der Waals surface area contributed by atoms with Gasteiger partial charge in [-0.25, -0.2) is 13.4 Å². The minimum atomic E-state index is -3.66. The van der Waals surface area contributed by atoms with Crippen molar-refractivity contribution in [1.29, 1.82) is 0 Å². The maximum atomic E-state index is 13.2. The molecule has 3 heterocycles. The van der Waals surface area contributed by atoms with Crippen LogP contribution < -0.4 is 14.4 Å². The quantitative estimate of drug-likeness (QED) is 0.454. The van der Waals surface area contributed by atoms with Gasteiger partial charge in [0, 0.05) is 44.8 Å². The average molecular weight is 561 g/mol. The van der Waals surface area contributed by atoms with Crippen molar-refractivity contribution in [3.8, 4) is 11.5 Å². The number of aromatic nitrogens is 1. The van der Waals surface area contributed by atoms with E-state index in [0.717, 1.165) is 21.1 Å². The van der Waals surface area contributed by atoms with Crippen molar-refractivity contribution in [2.24, 2.45) is 0 Å². The molecular weight excluding hydrogens is 528 g/mol. The zero-order chi connectivity index (χ0) is 27.0. The summed E-state index contributed by atoms with van der Waals surface area (Å²) in [5, 5.41) is 0.858. The molecule has 2 aliphatic heterocycles. The number of anilines is 1. The van der Waals surface area contributed by atoms with Crippen LogP contribution in [0.15, 0.2) is 41.3 Å². The Hall–Kier alpha value is -2.93. The molecule has 38 heavy (non-hydrogen) atoms. The van der Waals surface area contributed by atoms with E-state index in [1.54, 1.807) is 42.6 Å². The number of ether oxygens (including phenoxy) is 3. The molecule has 3 aromatic rings. The third-order valence-corrected chi connectivity index (χ3v) is 9.84. The smallest absolute Gasteiger partial charge is 0.253 e. The van der Waals surface area contributed by atoms with Crippen LogP contribution >= 0.6 is 11.3 Å². The molecule has 2 saturated heterocycles. The average Bonchev–Trinajstić information content (AvgIpc) is 3.37. The van der Waals surface area contributed by atoms with E-state index in [0.29, 0.717) is 50.6 Å². The topological polar surface area (TPSA) is 102 Å². The molecule has 1 aromatic heterocycles. The Morgan fingerprint density at radius 3 is 2.16 bits per heavy atom. The Balaban J connectivity index is 1.25. The van der Waals surface area contributed by atoms with Crippen LogP contribution in [0.2, 0.25) is 0 Å². The molecule has 0 N–H and O–H groups in total. The first-order valence-corrected chi connectivity index (χ1v) is 14.8. The van der Waals surface area contributed by atoms with E-state index in [2.05, 4.69) is 4.90 Å². The number of methoxy groups -OCH3 is 2. The summed E-state index contributed by atoms with van der Waals surface area (Å²) in [5.74, 6) is 1.33. The fourth-order valence-electron chi connectivity index (χ4n) is 4.94. The summed E-state index contributed by atoms with van der Waals surface area (Å²) >= 11 is 1.54. The molecular formula is C26H32N4O6S2. The summed E-state index contributed by atoms with van der Waals surface area (Å²) in [7, 11) is -0.400. The summed E-state index contributed by atoms with van der Waals surface area (Å²) in [6.45, 7) is 6.69. The fraction of sp³-hybridized carbons (Fsp3) is 0.462. The molecule has 12 heteroatoms. The van der Waals surface area contributed by atoms with E-state index in [-0.39, 0.29) is 23.0 Å². The standard InChI is InChI=1S/C26H32N4O6S2/c1-17-15-30(16-18(2)36-17)38(32,33)20-7-5-19(6-8-20)25(31)28-11-13-29(14-12-28)26-27-23-21(34-3)9-10-22(35-4)24(23)37-26/h5-10,17-18H,11-16H2,1-4H3. The minimum absolute atomic E-state index is 0.116. The van der Waals surface area contributed by atoms with Gasteiger partial charge in [0.1, 0.15) is 21.7 Å². The molecule has 0 spiro atoms. The number of benzene rings is 2. The lowest BCUT2D eigenvalue weighted by Gasteiger charge is -2.35. The van der Waals surface area contributed by atoms with Crippen LogP contribution in [-0.2, 0) is 14.8 Å². The molecule has 5 rings (SSSR count). The molecule has 0 radical (unpaired) electrons. The highest BCUT2D eigenvalue weighted by atomic mass is 32.2. The van der Waals surface area contributed by atoms with Crippen molar-refractivity contribution in [2.45, 2.75) is 31.0 Å². The lowest BCUT2D eigenvalue weighted by atomic mass is 10.2. The van der Waals surface area contributed by atoms with Gasteiger partial charge in [0.05, 0.1) is 31.3 Å². The van der Waals surface area contributed by atoms with Crippen molar-refractivity contribution < 1.29 is 27.4 Å². The van der Waals surface area contributed by atoms with Gasteiger partial charge in [0.15, 0.2) is 5.13 Å². The molecule has 0 saturated carbocycles. The number of nitrogens with zero attached hydrogens (tertiary/aromatic N) is 4. The number of rotatable bonds is 6. The van der Waals surface area contributed by atoms with Gasteiger partial charge in [0.2, 0.25) is 10.0 Å². The Morgan fingerprint density at radius 2 is 1.55 bits per heavy atom. The first-order chi connectivity index (χ1) is 18.2. The first kappa shape index (κ1) is 26.7. The summed E-state index contributed by atoms with van der Waals surface area (Å²) < 4.78 is 45.3. The van der Waals surface area contributed by atoms with E-state index >= 15 is 0 Å². The van der Waals surface area contributed by atoms with Crippen LogP contribution in [0.4, 0.5) is 5.13 Å². The number of amides is 1. The van der Waals surface area contributed by atoms with Gasteiger partial charge < -0.3 is 24.0 Å². The molecule has 2 aromatic carbocycles. The van der Waals surface area contributed by atoms with Gasteiger partial charge in [-0.15, -0.1) is 0 Å². The van der Waals surface area contributed by atoms with Crippen LogP contribution in [0.25, 0.3) is 10.2 Å².